The SMILES string of the molecule is CCCOC(=O)N1CC[CH]CC1. The van der Waals surface area contributed by atoms with Gasteiger partial charge in [-0.1, -0.05) is 6.92 Å². The first kappa shape index (κ1) is 9.36. The van der Waals surface area contributed by atoms with Crippen molar-refractivity contribution < 1.29 is 9.53 Å². The second kappa shape index (κ2) is 5.01. The van der Waals surface area contributed by atoms with Gasteiger partial charge in [-0.2, -0.15) is 0 Å². The van der Waals surface area contributed by atoms with Gasteiger partial charge in [-0.3, -0.25) is 0 Å². The van der Waals surface area contributed by atoms with Crippen LogP contribution in [0.15, 0.2) is 0 Å². The van der Waals surface area contributed by atoms with E-state index in [-0.39, 0.29) is 6.09 Å². The first-order valence-corrected chi connectivity index (χ1v) is 4.58. The number of amides is 1. The molecule has 0 aliphatic carbocycles. The summed E-state index contributed by atoms with van der Waals surface area (Å²) in [6, 6.07) is 0. The zero-order chi connectivity index (χ0) is 8.81. The Morgan fingerprint density at radius 3 is 2.75 bits per heavy atom. The van der Waals surface area contributed by atoms with Crippen molar-refractivity contribution >= 4 is 6.09 Å². The molecular formula is C9H16NO2. The van der Waals surface area contributed by atoms with Gasteiger partial charge in [0.15, 0.2) is 0 Å². The summed E-state index contributed by atoms with van der Waals surface area (Å²) in [5, 5.41) is 0. The summed E-state index contributed by atoms with van der Waals surface area (Å²) in [6.07, 6.45) is 4.96. The van der Waals surface area contributed by atoms with E-state index in [1.54, 1.807) is 4.90 Å². The molecule has 0 bridgehead atoms. The van der Waals surface area contributed by atoms with Gasteiger partial charge in [0, 0.05) is 13.1 Å². The number of ether oxygens (including phenoxy) is 1. The molecule has 3 nitrogen and oxygen atoms in total. The van der Waals surface area contributed by atoms with E-state index in [0.29, 0.717) is 6.61 Å². The number of carbonyl (C=O) groups excluding carboxylic acids is 1. The molecule has 1 saturated heterocycles. The maximum Gasteiger partial charge on any atom is 0.409 e. The zero-order valence-electron chi connectivity index (χ0n) is 7.58. The molecular weight excluding hydrogens is 154 g/mol. The fraction of sp³-hybridized carbons (Fsp3) is 0.778. The maximum atomic E-state index is 11.2. The third kappa shape index (κ3) is 2.72. The largest absolute Gasteiger partial charge is 0.449 e. The lowest BCUT2D eigenvalue weighted by molar-refractivity contribution is 0.0992. The van der Waals surface area contributed by atoms with Crippen LogP contribution in [0.1, 0.15) is 26.2 Å². The Kier molecular flexibility index (Phi) is 3.91. The Morgan fingerprint density at radius 1 is 1.50 bits per heavy atom. The average molecular weight is 170 g/mol. The van der Waals surface area contributed by atoms with Crippen LogP contribution in [0.2, 0.25) is 0 Å². The Morgan fingerprint density at radius 2 is 2.17 bits per heavy atom. The summed E-state index contributed by atoms with van der Waals surface area (Å²) in [4.78, 5) is 13.0. The molecule has 0 aromatic rings. The summed E-state index contributed by atoms with van der Waals surface area (Å²) in [7, 11) is 0. The second-order valence-electron chi connectivity index (χ2n) is 2.97. The number of nitrogens with zero attached hydrogens (tertiary/aromatic N) is 1. The van der Waals surface area contributed by atoms with Gasteiger partial charge in [-0.15, -0.1) is 0 Å². The van der Waals surface area contributed by atoms with E-state index in [0.717, 1.165) is 32.4 Å². The van der Waals surface area contributed by atoms with Crippen LogP contribution in [-0.4, -0.2) is 30.7 Å². The Labute approximate surface area is 73.7 Å². The molecule has 1 fully saturated rings. The highest BCUT2D eigenvalue weighted by Crippen LogP contribution is 2.08. The van der Waals surface area contributed by atoms with Gasteiger partial charge in [-0.25, -0.2) is 4.79 Å². The average Bonchev–Trinajstić information content (AvgIpc) is 2.15. The van der Waals surface area contributed by atoms with Crippen LogP contribution in [0, 0.1) is 6.42 Å². The summed E-state index contributed by atoms with van der Waals surface area (Å²) >= 11 is 0. The standard InChI is InChI=1S/C9H16NO2/c1-2-8-12-9(11)10-6-4-3-5-7-10/h3H,2,4-8H2,1H3. The third-order valence-corrected chi connectivity index (χ3v) is 1.89. The molecule has 0 spiro atoms. The molecule has 1 aliphatic heterocycles. The lowest BCUT2D eigenvalue weighted by Crippen LogP contribution is -2.36. The number of piperidine rings is 1. The summed E-state index contributed by atoms with van der Waals surface area (Å²) < 4.78 is 5.00. The minimum absolute atomic E-state index is 0.148. The van der Waals surface area contributed by atoms with E-state index in [4.69, 9.17) is 4.74 Å². The van der Waals surface area contributed by atoms with E-state index in [9.17, 15) is 4.79 Å². The Balaban J connectivity index is 2.20. The molecule has 0 aromatic carbocycles. The third-order valence-electron chi connectivity index (χ3n) is 1.89. The number of carbonyl (C=O) groups is 1. The van der Waals surface area contributed by atoms with E-state index < -0.39 is 0 Å². The highest BCUT2D eigenvalue weighted by atomic mass is 16.6. The fourth-order valence-electron chi connectivity index (χ4n) is 1.21. The quantitative estimate of drug-likeness (QED) is 0.632. The zero-order valence-corrected chi connectivity index (χ0v) is 7.58. The molecule has 3 heteroatoms. The van der Waals surface area contributed by atoms with Crippen molar-refractivity contribution in [1.29, 1.82) is 0 Å². The lowest BCUT2D eigenvalue weighted by atomic mass is 10.1. The van der Waals surface area contributed by atoms with Crippen LogP contribution < -0.4 is 0 Å². The van der Waals surface area contributed by atoms with Crippen molar-refractivity contribution in [3.05, 3.63) is 6.42 Å². The number of hydrogen-bond acceptors (Lipinski definition) is 2. The van der Waals surface area contributed by atoms with E-state index in [2.05, 4.69) is 6.42 Å². The smallest absolute Gasteiger partial charge is 0.409 e. The minimum atomic E-state index is -0.148. The second-order valence-corrected chi connectivity index (χ2v) is 2.97. The van der Waals surface area contributed by atoms with Gasteiger partial charge in [0.1, 0.15) is 0 Å². The molecule has 1 amide bonds. The maximum absolute atomic E-state index is 11.2. The van der Waals surface area contributed by atoms with Crippen molar-refractivity contribution in [3.8, 4) is 0 Å². The van der Waals surface area contributed by atoms with Gasteiger partial charge in [0.05, 0.1) is 6.61 Å². The van der Waals surface area contributed by atoms with E-state index >= 15 is 0 Å². The topological polar surface area (TPSA) is 29.5 Å². The molecule has 1 heterocycles. The molecule has 0 saturated carbocycles. The highest BCUT2D eigenvalue weighted by Gasteiger charge is 2.16. The predicted octanol–water partition coefficient (Wildman–Crippen LogP) is 1.83. The van der Waals surface area contributed by atoms with Gasteiger partial charge >= 0.3 is 6.09 Å². The van der Waals surface area contributed by atoms with Crippen molar-refractivity contribution in [1.82, 2.24) is 4.90 Å². The van der Waals surface area contributed by atoms with Crippen LogP contribution in [0.25, 0.3) is 0 Å². The summed E-state index contributed by atoms with van der Waals surface area (Å²) in [6.45, 7) is 4.18. The van der Waals surface area contributed by atoms with Crippen molar-refractivity contribution in [2.45, 2.75) is 26.2 Å². The van der Waals surface area contributed by atoms with Crippen LogP contribution >= 0.6 is 0 Å². The molecule has 12 heavy (non-hydrogen) atoms. The van der Waals surface area contributed by atoms with Gasteiger partial charge in [0.25, 0.3) is 0 Å². The van der Waals surface area contributed by atoms with Crippen molar-refractivity contribution in [2.24, 2.45) is 0 Å². The fourth-order valence-corrected chi connectivity index (χ4v) is 1.21. The van der Waals surface area contributed by atoms with Gasteiger partial charge in [0.2, 0.25) is 0 Å². The van der Waals surface area contributed by atoms with E-state index in [1.807, 2.05) is 6.92 Å². The molecule has 0 unspecified atom stereocenters. The normalized spacial score (nSPS) is 17.6. The van der Waals surface area contributed by atoms with Crippen LogP contribution in [0.4, 0.5) is 4.79 Å². The number of hydrogen-bond donors (Lipinski definition) is 0. The summed E-state index contributed by atoms with van der Waals surface area (Å²) in [5.41, 5.74) is 0. The minimum Gasteiger partial charge on any atom is -0.449 e. The van der Waals surface area contributed by atoms with E-state index in [1.165, 1.54) is 0 Å². The van der Waals surface area contributed by atoms with Gasteiger partial charge < -0.3 is 9.64 Å². The predicted molar refractivity (Wildman–Crippen MR) is 46.7 cm³/mol. The van der Waals surface area contributed by atoms with Crippen molar-refractivity contribution in [2.75, 3.05) is 19.7 Å². The molecule has 69 valence electrons. The van der Waals surface area contributed by atoms with Crippen LogP contribution in [0.5, 0.6) is 0 Å². The van der Waals surface area contributed by atoms with Crippen LogP contribution in [-0.2, 0) is 4.74 Å². The highest BCUT2D eigenvalue weighted by molar-refractivity contribution is 5.67. The molecule has 0 aromatic heterocycles. The van der Waals surface area contributed by atoms with Crippen molar-refractivity contribution in [3.63, 3.8) is 0 Å². The molecule has 1 aliphatic rings. The molecule has 0 atom stereocenters. The molecule has 0 N–H and O–H groups in total. The first-order chi connectivity index (χ1) is 5.84. The number of rotatable bonds is 2. The molecule has 1 radical (unpaired) electrons. The summed E-state index contributed by atoms with van der Waals surface area (Å²) in [5.74, 6) is 0. The lowest BCUT2D eigenvalue weighted by Gasteiger charge is -2.25. The molecule has 1 rings (SSSR count). The van der Waals surface area contributed by atoms with Gasteiger partial charge in [-0.05, 0) is 25.7 Å². The first-order valence-electron chi connectivity index (χ1n) is 4.58. The Bertz CT molecular complexity index is 141. The Hall–Kier alpha value is -0.730. The monoisotopic (exact) mass is 170 g/mol. The van der Waals surface area contributed by atoms with Crippen LogP contribution in [0.3, 0.4) is 0 Å². The number of likely N-dealkylation sites (tertiary alicyclic amines) is 1.